The molecule has 88 valence electrons. The number of nitrogens with zero attached hydrogens (tertiary/aromatic N) is 1. The third-order valence-electron chi connectivity index (χ3n) is 2.38. The molecule has 0 bridgehead atoms. The van der Waals surface area contributed by atoms with Crippen molar-refractivity contribution in [1.82, 2.24) is 4.90 Å². The molecule has 1 heterocycles. The summed E-state index contributed by atoms with van der Waals surface area (Å²) in [7, 11) is 1.63. The SMILES string of the molecule is CC(C(=O)N(C)CCC(=O)O)c1cccs1. The number of aliphatic carboxylic acids is 1. The lowest BCUT2D eigenvalue weighted by molar-refractivity contribution is -0.138. The van der Waals surface area contributed by atoms with E-state index in [9.17, 15) is 9.59 Å². The van der Waals surface area contributed by atoms with Crippen molar-refractivity contribution >= 4 is 23.2 Å². The molecule has 5 heteroatoms. The monoisotopic (exact) mass is 241 g/mol. The highest BCUT2D eigenvalue weighted by Gasteiger charge is 2.20. The van der Waals surface area contributed by atoms with Crippen LogP contribution in [0.4, 0.5) is 0 Å². The van der Waals surface area contributed by atoms with Crippen LogP contribution in [0, 0.1) is 0 Å². The van der Waals surface area contributed by atoms with Crippen LogP contribution in [0.3, 0.4) is 0 Å². The maximum Gasteiger partial charge on any atom is 0.305 e. The molecule has 1 aromatic heterocycles. The molecule has 1 aromatic rings. The summed E-state index contributed by atoms with van der Waals surface area (Å²) in [5, 5.41) is 10.5. The summed E-state index contributed by atoms with van der Waals surface area (Å²) in [6.45, 7) is 2.09. The zero-order valence-electron chi connectivity index (χ0n) is 9.34. The second-order valence-electron chi connectivity index (χ2n) is 3.64. The van der Waals surface area contributed by atoms with Gasteiger partial charge in [0.1, 0.15) is 0 Å². The molecule has 1 unspecified atom stereocenters. The summed E-state index contributed by atoms with van der Waals surface area (Å²) in [5.74, 6) is -1.12. The van der Waals surface area contributed by atoms with Crippen LogP contribution in [-0.2, 0) is 9.59 Å². The molecule has 0 aliphatic rings. The Balaban J connectivity index is 2.53. The van der Waals surface area contributed by atoms with E-state index in [1.807, 2.05) is 24.4 Å². The smallest absolute Gasteiger partial charge is 0.305 e. The van der Waals surface area contributed by atoms with Gasteiger partial charge in [-0.15, -0.1) is 11.3 Å². The van der Waals surface area contributed by atoms with Crippen LogP contribution in [0.1, 0.15) is 24.1 Å². The molecule has 4 nitrogen and oxygen atoms in total. The Kier molecular flexibility index (Phi) is 4.49. The van der Waals surface area contributed by atoms with Crippen LogP contribution in [0.5, 0.6) is 0 Å². The van der Waals surface area contributed by atoms with Gasteiger partial charge in [0.15, 0.2) is 0 Å². The number of hydrogen-bond acceptors (Lipinski definition) is 3. The quantitative estimate of drug-likeness (QED) is 0.855. The molecule has 1 amide bonds. The van der Waals surface area contributed by atoms with Crippen molar-refractivity contribution in [2.24, 2.45) is 0 Å². The van der Waals surface area contributed by atoms with Crippen molar-refractivity contribution in [2.45, 2.75) is 19.3 Å². The lowest BCUT2D eigenvalue weighted by Crippen LogP contribution is -2.32. The van der Waals surface area contributed by atoms with E-state index in [-0.39, 0.29) is 24.8 Å². The first-order chi connectivity index (χ1) is 7.52. The Morgan fingerprint density at radius 3 is 2.75 bits per heavy atom. The summed E-state index contributed by atoms with van der Waals surface area (Å²) in [6, 6.07) is 3.82. The second-order valence-corrected chi connectivity index (χ2v) is 4.62. The fourth-order valence-corrected chi connectivity index (χ4v) is 2.14. The highest BCUT2D eigenvalue weighted by Crippen LogP contribution is 2.22. The zero-order valence-corrected chi connectivity index (χ0v) is 10.2. The molecule has 0 radical (unpaired) electrons. The summed E-state index contributed by atoms with van der Waals surface area (Å²) < 4.78 is 0. The minimum Gasteiger partial charge on any atom is -0.481 e. The standard InChI is InChI=1S/C11H15NO3S/c1-8(9-4-3-7-16-9)11(15)12(2)6-5-10(13)14/h3-4,7-8H,5-6H2,1-2H3,(H,13,14). The molecule has 1 N–H and O–H groups in total. The highest BCUT2D eigenvalue weighted by atomic mass is 32.1. The molecule has 0 spiro atoms. The van der Waals surface area contributed by atoms with Crippen LogP contribution in [0.2, 0.25) is 0 Å². The number of carboxylic acids is 1. The van der Waals surface area contributed by atoms with E-state index in [4.69, 9.17) is 5.11 Å². The van der Waals surface area contributed by atoms with Gasteiger partial charge in [-0.05, 0) is 18.4 Å². The fraction of sp³-hybridized carbons (Fsp3) is 0.455. The molecular weight excluding hydrogens is 226 g/mol. The normalized spacial score (nSPS) is 12.1. The third-order valence-corrected chi connectivity index (χ3v) is 3.43. The first kappa shape index (κ1) is 12.7. The van der Waals surface area contributed by atoms with Gasteiger partial charge in [0.2, 0.25) is 5.91 Å². The van der Waals surface area contributed by atoms with Gasteiger partial charge in [0.05, 0.1) is 12.3 Å². The number of carbonyl (C=O) groups excluding carboxylic acids is 1. The average molecular weight is 241 g/mol. The average Bonchev–Trinajstić information content (AvgIpc) is 2.77. The molecule has 0 aliphatic carbocycles. The third kappa shape index (κ3) is 3.34. The summed E-state index contributed by atoms with van der Waals surface area (Å²) in [5.41, 5.74) is 0. The second kappa shape index (κ2) is 5.65. The van der Waals surface area contributed by atoms with Crippen molar-refractivity contribution in [2.75, 3.05) is 13.6 Å². The van der Waals surface area contributed by atoms with Crippen LogP contribution < -0.4 is 0 Å². The number of likely N-dealkylation sites (N-methyl/N-ethyl adjacent to an activating group) is 1. The van der Waals surface area contributed by atoms with Crippen LogP contribution >= 0.6 is 11.3 Å². The number of rotatable bonds is 5. The van der Waals surface area contributed by atoms with E-state index < -0.39 is 5.97 Å². The minimum absolute atomic E-state index is 0.0145. The Labute approximate surface area is 98.5 Å². The Bertz CT molecular complexity index is 361. The number of hydrogen-bond donors (Lipinski definition) is 1. The van der Waals surface area contributed by atoms with Gasteiger partial charge < -0.3 is 10.0 Å². The maximum absolute atomic E-state index is 11.9. The minimum atomic E-state index is -0.886. The summed E-state index contributed by atoms with van der Waals surface area (Å²) in [4.78, 5) is 24.8. The van der Waals surface area contributed by atoms with Crippen LogP contribution in [-0.4, -0.2) is 35.5 Å². The molecule has 0 aromatic carbocycles. The molecule has 0 saturated heterocycles. The molecule has 16 heavy (non-hydrogen) atoms. The van der Waals surface area contributed by atoms with Crippen molar-refractivity contribution < 1.29 is 14.7 Å². The zero-order chi connectivity index (χ0) is 12.1. The summed E-state index contributed by atoms with van der Waals surface area (Å²) in [6.07, 6.45) is -0.0145. The lowest BCUT2D eigenvalue weighted by Gasteiger charge is -2.19. The predicted octanol–water partition coefficient (Wildman–Crippen LogP) is 1.78. The van der Waals surface area contributed by atoms with Gasteiger partial charge in [0.25, 0.3) is 0 Å². The molecule has 1 rings (SSSR count). The number of carbonyl (C=O) groups is 2. The first-order valence-corrected chi connectivity index (χ1v) is 5.90. The van der Waals surface area contributed by atoms with E-state index in [1.54, 1.807) is 7.05 Å². The largest absolute Gasteiger partial charge is 0.481 e. The van der Waals surface area contributed by atoms with E-state index >= 15 is 0 Å². The topological polar surface area (TPSA) is 57.6 Å². The Hall–Kier alpha value is -1.36. The first-order valence-electron chi connectivity index (χ1n) is 5.02. The van der Waals surface area contributed by atoms with Gasteiger partial charge in [-0.25, -0.2) is 0 Å². The van der Waals surface area contributed by atoms with Gasteiger partial charge in [-0.1, -0.05) is 6.07 Å². The van der Waals surface area contributed by atoms with Gasteiger partial charge in [0, 0.05) is 18.5 Å². The van der Waals surface area contributed by atoms with Crippen LogP contribution in [0.15, 0.2) is 17.5 Å². The molecule has 1 atom stereocenters. The van der Waals surface area contributed by atoms with E-state index in [0.717, 1.165) is 4.88 Å². The summed E-state index contributed by atoms with van der Waals surface area (Å²) >= 11 is 1.54. The predicted molar refractivity (Wildman–Crippen MR) is 62.6 cm³/mol. The number of amides is 1. The highest BCUT2D eigenvalue weighted by molar-refractivity contribution is 7.10. The molecule has 0 fully saturated rings. The Morgan fingerprint density at radius 2 is 2.25 bits per heavy atom. The van der Waals surface area contributed by atoms with Gasteiger partial charge >= 0.3 is 5.97 Å². The van der Waals surface area contributed by atoms with Crippen LogP contribution in [0.25, 0.3) is 0 Å². The Morgan fingerprint density at radius 1 is 1.56 bits per heavy atom. The lowest BCUT2D eigenvalue weighted by atomic mass is 10.1. The van der Waals surface area contributed by atoms with Crippen molar-refractivity contribution in [3.05, 3.63) is 22.4 Å². The molecule has 0 aliphatic heterocycles. The van der Waals surface area contributed by atoms with Gasteiger partial charge in [-0.3, -0.25) is 9.59 Å². The van der Waals surface area contributed by atoms with Crippen molar-refractivity contribution in [3.63, 3.8) is 0 Å². The van der Waals surface area contributed by atoms with Crippen molar-refractivity contribution in [3.8, 4) is 0 Å². The van der Waals surface area contributed by atoms with E-state index in [2.05, 4.69) is 0 Å². The van der Waals surface area contributed by atoms with E-state index in [1.165, 1.54) is 16.2 Å². The fourth-order valence-electron chi connectivity index (χ4n) is 1.36. The van der Waals surface area contributed by atoms with E-state index in [0.29, 0.717) is 0 Å². The maximum atomic E-state index is 11.9. The number of thiophene rings is 1. The van der Waals surface area contributed by atoms with Gasteiger partial charge in [-0.2, -0.15) is 0 Å². The molecular formula is C11H15NO3S. The number of carboxylic acid groups (broad SMARTS) is 1. The molecule has 0 saturated carbocycles. The van der Waals surface area contributed by atoms with Crippen molar-refractivity contribution in [1.29, 1.82) is 0 Å².